The van der Waals surface area contributed by atoms with E-state index in [0.29, 0.717) is 31.3 Å². The molecule has 6 bridgehead atoms. The molecule has 3 aromatic rings. The van der Waals surface area contributed by atoms with Crippen LogP contribution in [0.3, 0.4) is 0 Å². The quantitative estimate of drug-likeness (QED) is 0.577. The van der Waals surface area contributed by atoms with E-state index < -0.39 is 0 Å². The van der Waals surface area contributed by atoms with E-state index in [1.54, 1.807) is 0 Å². The lowest BCUT2D eigenvalue weighted by Crippen LogP contribution is -2.24. The summed E-state index contributed by atoms with van der Waals surface area (Å²) >= 11 is 0. The minimum Gasteiger partial charge on any atom is -0.377 e. The number of hydrogen-bond donors (Lipinski definition) is 2. The zero-order valence-electron chi connectivity index (χ0n) is 17.4. The minimum absolute atomic E-state index is 0.0544. The molecule has 0 radical (unpaired) electrons. The van der Waals surface area contributed by atoms with Crippen molar-refractivity contribution in [2.45, 2.75) is 33.3 Å². The van der Waals surface area contributed by atoms with Crippen LogP contribution < -0.4 is 10.6 Å². The van der Waals surface area contributed by atoms with E-state index in [1.165, 1.54) is 0 Å². The molecule has 0 fully saturated rings. The van der Waals surface area contributed by atoms with Crippen molar-refractivity contribution in [2.24, 2.45) is 0 Å². The highest BCUT2D eigenvalue weighted by Crippen LogP contribution is 2.27. The second kappa shape index (κ2) is 9.05. The highest BCUT2D eigenvalue weighted by molar-refractivity contribution is 5.95. The van der Waals surface area contributed by atoms with Gasteiger partial charge in [0.1, 0.15) is 0 Å². The van der Waals surface area contributed by atoms with E-state index in [-0.39, 0.29) is 5.91 Å². The summed E-state index contributed by atoms with van der Waals surface area (Å²) in [7, 11) is 0. The standard InChI is InChI=1S/C24H26N4O2/c1-16-12-19-8-9-21(16)22-17(2)14-26-24(28-22)27-20-7-5-6-18(13-20)15-30-11-4-3-10-25-23(19)29/h5-9,12-14H,3-4,10-11,15H2,1-2H3,(H,25,29)(H,26,27,28). The maximum absolute atomic E-state index is 12.5. The van der Waals surface area contributed by atoms with Crippen LogP contribution in [0.15, 0.2) is 48.7 Å². The van der Waals surface area contributed by atoms with E-state index in [9.17, 15) is 4.79 Å². The third-order valence-electron chi connectivity index (χ3n) is 5.17. The molecule has 0 saturated heterocycles. The number of anilines is 2. The topological polar surface area (TPSA) is 76.1 Å². The fourth-order valence-electron chi connectivity index (χ4n) is 3.54. The second-order valence-electron chi connectivity index (χ2n) is 7.60. The Hall–Kier alpha value is -3.25. The first-order valence-electron chi connectivity index (χ1n) is 10.3. The van der Waals surface area contributed by atoms with Gasteiger partial charge >= 0.3 is 0 Å². The number of aryl methyl sites for hydroxylation is 2. The molecule has 1 amide bonds. The van der Waals surface area contributed by atoms with Crippen LogP contribution in [0.2, 0.25) is 0 Å². The average molecular weight is 402 g/mol. The molecule has 2 aliphatic rings. The van der Waals surface area contributed by atoms with Crippen molar-refractivity contribution in [3.63, 3.8) is 0 Å². The molecule has 0 atom stereocenters. The Morgan fingerprint density at radius 1 is 1.03 bits per heavy atom. The average Bonchev–Trinajstić information content (AvgIpc) is 2.74. The largest absolute Gasteiger partial charge is 0.377 e. The van der Waals surface area contributed by atoms with Crippen LogP contribution in [0.5, 0.6) is 0 Å². The van der Waals surface area contributed by atoms with E-state index in [1.807, 2.05) is 56.4 Å². The van der Waals surface area contributed by atoms with Crippen molar-refractivity contribution in [2.75, 3.05) is 18.5 Å². The van der Waals surface area contributed by atoms with Crippen LogP contribution >= 0.6 is 0 Å². The Labute approximate surface area is 176 Å². The molecule has 6 nitrogen and oxygen atoms in total. The van der Waals surface area contributed by atoms with Gasteiger partial charge in [-0.1, -0.05) is 18.2 Å². The molecule has 2 N–H and O–H groups in total. The van der Waals surface area contributed by atoms with Crippen LogP contribution in [-0.4, -0.2) is 29.0 Å². The predicted molar refractivity (Wildman–Crippen MR) is 118 cm³/mol. The number of ether oxygens (including phenoxy) is 1. The summed E-state index contributed by atoms with van der Waals surface area (Å²) in [6.45, 7) is 5.84. The van der Waals surface area contributed by atoms with Gasteiger partial charge in [0, 0.05) is 36.2 Å². The van der Waals surface area contributed by atoms with Crippen LogP contribution in [0.4, 0.5) is 11.6 Å². The maximum Gasteiger partial charge on any atom is 0.251 e. The first-order valence-corrected chi connectivity index (χ1v) is 10.3. The lowest BCUT2D eigenvalue weighted by molar-refractivity contribution is 0.0946. The summed E-state index contributed by atoms with van der Waals surface area (Å²) < 4.78 is 5.79. The number of hydrogen-bond acceptors (Lipinski definition) is 5. The molecule has 6 heteroatoms. The lowest BCUT2D eigenvalue weighted by atomic mass is 10.00. The fourth-order valence-corrected chi connectivity index (χ4v) is 3.54. The number of nitrogens with zero attached hydrogens (tertiary/aromatic N) is 2. The number of rotatable bonds is 0. The molecule has 0 aliphatic carbocycles. The number of aromatic nitrogens is 2. The number of nitrogens with one attached hydrogen (secondary N) is 2. The van der Waals surface area contributed by atoms with Gasteiger partial charge in [-0.2, -0.15) is 0 Å². The normalized spacial score (nSPS) is 14.8. The van der Waals surface area contributed by atoms with Gasteiger partial charge in [-0.25, -0.2) is 9.97 Å². The summed E-state index contributed by atoms with van der Waals surface area (Å²) in [5.41, 5.74) is 6.50. The number of amides is 1. The van der Waals surface area contributed by atoms with Crippen molar-refractivity contribution in [3.05, 3.63) is 70.9 Å². The summed E-state index contributed by atoms with van der Waals surface area (Å²) in [5.74, 6) is 0.481. The SMILES string of the molecule is Cc1cc2ccc1-c1nc(ncc1C)Nc1cccc(c1)COCCCCNC2=O. The van der Waals surface area contributed by atoms with Gasteiger partial charge in [-0.15, -0.1) is 0 Å². The molecule has 2 aromatic carbocycles. The van der Waals surface area contributed by atoms with E-state index in [0.717, 1.165) is 46.5 Å². The van der Waals surface area contributed by atoms with Crippen LogP contribution in [0.25, 0.3) is 11.3 Å². The van der Waals surface area contributed by atoms with Gasteiger partial charge in [-0.05, 0) is 67.6 Å². The summed E-state index contributed by atoms with van der Waals surface area (Å²) in [5, 5.41) is 6.29. The Kier molecular flexibility index (Phi) is 6.05. The first-order chi connectivity index (χ1) is 14.6. The Morgan fingerprint density at radius 3 is 2.80 bits per heavy atom. The molecule has 154 valence electrons. The molecule has 0 spiro atoms. The number of benzene rings is 2. The molecule has 30 heavy (non-hydrogen) atoms. The number of carbonyl (C=O) groups is 1. The van der Waals surface area contributed by atoms with Gasteiger partial charge in [0.2, 0.25) is 5.95 Å². The summed E-state index contributed by atoms with van der Waals surface area (Å²) in [4.78, 5) is 21.7. The lowest BCUT2D eigenvalue weighted by Gasteiger charge is -2.13. The molecule has 0 saturated carbocycles. The molecule has 0 unspecified atom stereocenters. The zero-order chi connectivity index (χ0) is 20.9. The summed E-state index contributed by atoms with van der Waals surface area (Å²) in [6.07, 6.45) is 3.60. The second-order valence-corrected chi connectivity index (χ2v) is 7.60. The molecule has 1 aromatic heterocycles. The molecule has 3 heterocycles. The maximum atomic E-state index is 12.5. The van der Waals surface area contributed by atoms with Crippen molar-refractivity contribution >= 4 is 17.5 Å². The van der Waals surface area contributed by atoms with Gasteiger partial charge in [0.25, 0.3) is 5.91 Å². The van der Waals surface area contributed by atoms with Gasteiger partial charge in [0.15, 0.2) is 0 Å². The fraction of sp³-hybridized carbons (Fsp3) is 0.292. The van der Waals surface area contributed by atoms with Gasteiger partial charge in [0.05, 0.1) is 12.3 Å². The third-order valence-corrected chi connectivity index (χ3v) is 5.17. The zero-order valence-corrected chi connectivity index (χ0v) is 17.4. The molecule has 5 rings (SSSR count). The van der Waals surface area contributed by atoms with Gasteiger partial charge in [-0.3, -0.25) is 4.79 Å². The highest BCUT2D eigenvalue weighted by Gasteiger charge is 2.13. The smallest absolute Gasteiger partial charge is 0.251 e. The molecule has 2 aliphatic heterocycles. The predicted octanol–water partition coefficient (Wildman–Crippen LogP) is 4.54. The Morgan fingerprint density at radius 2 is 1.93 bits per heavy atom. The van der Waals surface area contributed by atoms with E-state index in [2.05, 4.69) is 21.7 Å². The van der Waals surface area contributed by atoms with Gasteiger partial charge < -0.3 is 15.4 Å². The summed E-state index contributed by atoms with van der Waals surface area (Å²) in [6, 6.07) is 13.8. The van der Waals surface area contributed by atoms with Crippen LogP contribution in [0.1, 0.15) is 39.9 Å². The van der Waals surface area contributed by atoms with Crippen molar-refractivity contribution in [3.8, 4) is 11.3 Å². The number of carbonyl (C=O) groups excluding carboxylic acids is 1. The Balaban J connectivity index is 1.71. The monoisotopic (exact) mass is 402 g/mol. The van der Waals surface area contributed by atoms with Crippen molar-refractivity contribution in [1.29, 1.82) is 0 Å². The van der Waals surface area contributed by atoms with E-state index in [4.69, 9.17) is 9.72 Å². The third kappa shape index (κ3) is 4.66. The first kappa shape index (κ1) is 20.0. The van der Waals surface area contributed by atoms with Crippen LogP contribution in [0, 0.1) is 13.8 Å². The number of fused-ring (bicyclic) bond motifs is 9. The van der Waals surface area contributed by atoms with Crippen molar-refractivity contribution in [1.82, 2.24) is 15.3 Å². The molecular weight excluding hydrogens is 376 g/mol. The van der Waals surface area contributed by atoms with E-state index >= 15 is 0 Å². The van der Waals surface area contributed by atoms with Crippen molar-refractivity contribution < 1.29 is 9.53 Å². The Bertz CT molecular complexity index is 1060. The molecular formula is C24H26N4O2. The minimum atomic E-state index is -0.0544. The van der Waals surface area contributed by atoms with Crippen LogP contribution in [-0.2, 0) is 11.3 Å². The highest BCUT2D eigenvalue weighted by atomic mass is 16.5.